The van der Waals surface area contributed by atoms with Gasteiger partial charge >= 0.3 is 0 Å². The molecule has 0 aliphatic carbocycles. The quantitative estimate of drug-likeness (QED) is 0.358. The van der Waals surface area contributed by atoms with Gasteiger partial charge in [0.2, 0.25) is 5.13 Å². The summed E-state index contributed by atoms with van der Waals surface area (Å²) in [4.78, 5) is 22.4. The molecule has 0 spiro atoms. The number of benzene rings is 1. The van der Waals surface area contributed by atoms with Crippen LogP contribution >= 0.6 is 23.1 Å². The standard InChI is InChI=1S/C13H12N4O3S2/c1-3-6-14-12-15-16-13(22-12)21-11-5-4-9(8(2)18)7-10(11)17(19)20/h3-5,7H,1,6H2,2H3,(H,14,15). The summed E-state index contributed by atoms with van der Waals surface area (Å²) in [6.45, 7) is 5.52. The lowest BCUT2D eigenvalue weighted by molar-refractivity contribution is -0.387. The highest BCUT2D eigenvalue weighted by atomic mass is 32.2. The maximum Gasteiger partial charge on any atom is 0.284 e. The Kier molecular flexibility index (Phi) is 5.23. The van der Waals surface area contributed by atoms with Crippen molar-refractivity contribution in [2.24, 2.45) is 0 Å². The van der Waals surface area contributed by atoms with Crippen molar-refractivity contribution in [3.63, 3.8) is 0 Å². The summed E-state index contributed by atoms with van der Waals surface area (Å²) in [5, 5.41) is 22.7. The van der Waals surface area contributed by atoms with Crippen LogP contribution in [0.15, 0.2) is 40.1 Å². The van der Waals surface area contributed by atoms with Crippen molar-refractivity contribution >= 4 is 39.7 Å². The number of nitro groups is 1. The number of carbonyl (C=O) groups excluding carboxylic acids is 1. The van der Waals surface area contributed by atoms with Crippen LogP contribution in [-0.2, 0) is 0 Å². The Labute approximate surface area is 134 Å². The first-order chi connectivity index (χ1) is 10.5. The smallest absolute Gasteiger partial charge is 0.284 e. The fraction of sp³-hybridized carbons (Fsp3) is 0.154. The lowest BCUT2D eigenvalue weighted by atomic mass is 10.1. The third kappa shape index (κ3) is 3.89. The summed E-state index contributed by atoms with van der Waals surface area (Å²) in [5.74, 6) is -0.216. The van der Waals surface area contributed by atoms with Crippen LogP contribution in [0.3, 0.4) is 0 Å². The Morgan fingerprint density at radius 3 is 2.95 bits per heavy atom. The molecule has 1 N–H and O–H groups in total. The SMILES string of the molecule is C=CCNc1nnc(Sc2ccc(C(C)=O)cc2[N+](=O)[O-])s1. The van der Waals surface area contributed by atoms with Gasteiger partial charge in [0.05, 0.1) is 9.82 Å². The normalized spacial score (nSPS) is 10.2. The number of nitrogens with one attached hydrogen (secondary N) is 1. The maximum absolute atomic E-state index is 11.3. The molecule has 0 radical (unpaired) electrons. The van der Waals surface area contributed by atoms with Crippen LogP contribution in [0.25, 0.3) is 0 Å². The van der Waals surface area contributed by atoms with Crippen LogP contribution in [0.1, 0.15) is 17.3 Å². The second kappa shape index (κ2) is 7.14. The minimum Gasteiger partial charge on any atom is -0.357 e. The Hall–Kier alpha value is -2.26. The van der Waals surface area contributed by atoms with E-state index in [1.54, 1.807) is 18.2 Å². The minimum absolute atomic E-state index is 0.117. The van der Waals surface area contributed by atoms with E-state index in [0.717, 1.165) is 11.8 Å². The third-order valence-electron chi connectivity index (χ3n) is 2.56. The van der Waals surface area contributed by atoms with Gasteiger partial charge in [0.25, 0.3) is 5.69 Å². The Balaban J connectivity index is 2.25. The number of aromatic nitrogens is 2. The molecular formula is C13H12N4O3S2. The predicted molar refractivity (Wildman–Crippen MR) is 85.8 cm³/mol. The highest BCUT2D eigenvalue weighted by molar-refractivity contribution is 8.01. The summed E-state index contributed by atoms with van der Waals surface area (Å²) in [6.07, 6.45) is 1.69. The van der Waals surface area contributed by atoms with Crippen LogP contribution in [0, 0.1) is 10.1 Å². The first kappa shape index (κ1) is 16.1. The average Bonchev–Trinajstić information content (AvgIpc) is 2.92. The number of carbonyl (C=O) groups is 1. The number of nitrogens with zero attached hydrogens (tertiary/aromatic N) is 3. The molecule has 0 atom stereocenters. The van der Waals surface area contributed by atoms with Crippen LogP contribution < -0.4 is 5.32 Å². The Morgan fingerprint density at radius 2 is 2.32 bits per heavy atom. The van der Waals surface area contributed by atoms with E-state index in [2.05, 4.69) is 22.1 Å². The molecule has 22 heavy (non-hydrogen) atoms. The number of Topliss-reactive ketones (excluding diaryl/α,β-unsaturated/α-hetero) is 1. The van der Waals surface area contributed by atoms with E-state index in [0.29, 0.717) is 26.5 Å². The average molecular weight is 336 g/mol. The van der Waals surface area contributed by atoms with E-state index >= 15 is 0 Å². The topological polar surface area (TPSA) is 98.0 Å². The molecule has 0 aliphatic rings. The highest BCUT2D eigenvalue weighted by Gasteiger charge is 2.18. The van der Waals surface area contributed by atoms with Gasteiger partial charge in [-0.1, -0.05) is 17.4 Å². The number of anilines is 1. The third-order valence-corrected chi connectivity index (χ3v) is 4.56. The first-order valence-electron chi connectivity index (χ1n) is 6.16. The highest BCUT2D eigenvalue weighted by Crippen LogP contribution is 2.37. The maximum atomic E-state index is 11.3. The predicted octanol–water partition coefficient (Wildman–Crippen LogP) is 3.40. The number of hydrogen-bond donors (Lipinski definition) is 1. The van der Waals surface area contributed by atoms with Crippen molar-refractivity contribution in [2.75, 3.05) is 11.9 Å². The van der Waals surface area contributed by atoms with Gasteiger partial charge < -0.3 is 5.32 Å². The fourth-order valence-corrected chi connectivity index (χ4v) is 3.34. The van der Waals surface area contributed by atoms with E-state index in [9.17, 15) is 14.9 Å². The summed E-state index contributed by atoms with van der Waals surface area (Å²) in [7, 11) is 0. The number of ketones is 1. The van der Waals surface area contributed by atoms with Crippen LogP contribution in [0.4, 0.5) is 10.8 Å². The van der Waals surface area contributed by atoms with Gasteiger partial charge in [-0.05, 0) is 30.8 Å². The molecule has 0 amide bonds. The number of nitro benzene ring substituents is 1. The summed E-state index contributed by atoms with van der Waals surface area (Å²) < 4.78 is 0.574. The molecule has 0 saturated carbocycles. The first-order valence-corrected chi connectivity index (χ1v) is 7.80. The molecular weight excluding hydrogens is 324 g/mol. The van der Waals surface area contributed by atoms with Crippen molar-refractivity contribution in [1.82, 2.24) is 10.2 Å². The summed E-state index contributed by atoms with van der Waals surface area (Å²) in [6, 6.07) is 4.40. The van der Waals surface area contributed by atoms with Crippen molar-refractivity contribution < 1.29 is 9.72 Å². The van der Waals surface area contributed by atoms with Crippen LogP contribution in [-0.4, -0.2) is 27.4 Å². The van der Waals surface area contributed by atoms with Gasteiger partial charge in [-0.3, -0.25) is 14.9 Å². The largest absolute Gasteiger partial charge is 0.357 e. The second-order valence-electron chi connectivity index (χ2n) is 4.14. The van der Waals surface area contributed by atoms with Crippen molar-refractivity contribution in [3.05, 3.63) is 46.5 Å². The van der Waals surface area contributed by atoms with Crippen LogP contribution in [0.2, 0.25) is 0 Å². The molecule has 114 valence electrons. The number of hydrogen-bond acceptors (Lipinski definition) is 8. The van der Waals surface area contributed by atoms with Gasteiger partial charge in [0.15, 0.2) is 10.1 Å². The van der Waals surface area contributed by atoms with E-state index in [1.807, 2.05) is 0 Å². The summed E-state index contributed by atoms with van der Waals surface area (Å²) in [5.41, 5.74) is 0.190. The zero-order chi connectivity index (χ0) is 16.1. The molecule has 2 rings (SSSR count). The molecule has 1 aromatic heterocycles. The van der Waals surface area contributed by atoms with Gasteiger partial charge in [0, 0.05) is 18.2 Å². The fourth-order valence-electron chi connectivity index (χ4n) is 1.54. The van der Waals surface area contributed by atoms with Crippen LogP contribution in [0.5, 0.6) is 0 Å². The van der Waals surface area contributed by atoms with Gasteiger partial charge in [0.1, 0.15) is 0 Å². The van der Waals surface area contributed by atoms with Gasteiger partial charge in [-0.2, -0.15) is 0 Å². The van der Waals surface area contributed by atoms with E-state index in [1.165, 1.54) is 24.3 Å². The van der Waals surface area contributed by atoms with Gasteiger partial charge in [-0.25, -0.2) is 0 Å². The number of rotatable bonds is 7. The molecule has 2 aromatic rings. The van der Waals surface area contributed by atoms with E-state index in [4.69, 9.17) is 0 Å². The zero-order valence-corrected chi connectivity index (χ0v) is 13.2. The second-order valence-corrected chi connectivity index (χ2v) is 6.41. The molecule has 7 nitrogen and oxygen atoms in total. The lowest BCUT2D eigenvalue weighted by Gasteiger charge is -2.02. The van der Waals surface area contributed by atoms with Crippen molar-refractivity contribution in [2.45, 2.75) is 16.2 Å². The molecule has 9 heteroatoms. The molecule has 0 saturated heterocycles. The lowest BCUT2D eigenvalue weighted by Crippen LogP contribution is -1.96. The minimum atomic E-state index is -0.507. The monoisotopic (exact) mass is 336 g/mol. The van der Waals surface area contributed by atoms with Crippen molar-refractivity contribution in [3.8, 4) is 0 Å². The summed E-state index contributed by atoms with van der Waals surface area (Å²) >= 11 is 2.43. The van der Waals surface area contributed by atoms with E-state index in [-0.39, 0.29) is 11.5 Å². The molecule has 1 heterocycles. The molecule has 0 aliphatic heterocycles. The zero-order valence-electron chi connectivity index (χ0n) is 11.6. The molecule has 0 fully saturated rings. The Morgan fingerprint density at radius 1 is 1.55 bits per heavy atom. The van der Waals surface area contributed by atoms with Crippen molar-refractivity contribution in [1.29, 1.82) is 0 Å². The van der Waals surface area contributed by atoms with Gasteiger partial charge in [-0.15, -0.1) is 16.8 Å². The molecule has 0 unspecified atom stereocenters. The molecule has 0 bridgehead atoms. The molecule has 1 aromatic carbocycles. The van der Waals surface area contributed by atoms with E-state index < -0.39 is 4.92 Å². The Bertz CT molecular complexity index is 730.